The second kappa shape index (κ2) is 19.9. The van der Waals surface area contributed by atoms with Gasteiger partial charge in [-0.05, 0) is 96.5 Å². The summed E-state index contributed by atoms with van der Waals surface area (Å²) in [4.78, 5) is 0. The third-order valence-electron chi connectivity index (χ3n) is 10.6. The molecule has 0 saturated heterocycles. The maximum atomic E-state index is 6.82. The molecule has 0 aromatic heterocycles. The highest BCUT2D eigenvalue weighted by atomic mass is 16.6. The van der Waals surface area contributed by atoms with Crippen molar-refractivity contribution in [2.24, 2.45) is 0 Å². The van der Waals surface area contributed by atoms with Crippen LogP contribution in [0.15, 0.2) is 121 Å². The highest BCUT2D eigenvalue weighted by molar-refractivity contribution is 5.56. The molecule has 6 aromatic rings. The Morgan fingerprint density at radius 1 is 0.328 bits per heavy atom. The number of ether oxygens (including phenoxy) is 8. The molecule has 8 nitrogen and oxygen atoms in total. The Hall–Kier alpha value is -6.28. The Bertz CT molecular complexity index is 2150. The van der Waals surface area contributed by atoms with Crippen molar-refractivity contribution in [2.75, 3.05) is 39.6 Å². The van der Waals surface area contributed by atoms with Crippen LogP contribution < -0.4 is 37.9 Å². The lowest BCUT2D eigenvalue weighted by Crippen LogP contribution is -2.15. The molecular weight excluding hydrogens is 765 g/mol. The summed E-state index contributed by atoms with van der Waals surface area (Å²) in [5.41, 5.74) is 8.61. The first-order valence-corrected chi connectivity index (χ1v) is 21.6. The number of benzene rings is 6. The van der Waals surface area contributed by atoms with E-state index < -0.39 is 0 Å². The number of hydrogen-bond acceptors (Lipinski definition) is 8. The minimum atomic E-state index is -0.0348. The van der Waals surface area contributed by atoms with Gasteiger partial charge in [-0.25, -0.2) is 0 Å². The van der Waals surface area contributed by atoms with Crippen LogP contribution in [-0.4, -0.2) is 51.8 Å². The van der Waals surface area contributed by atoms with Gasteiger partial charge in [0.1, 0.15) is 49.4 Å². The standard InChI is InChI=1S/C53H56O8/c1-36(2)60-52-42-18-11-19-43(52)33-39-15-10-17-41-35-45-21-12-20-44(53(45)61-37(3)4)34-40-16-9-14-38(32-42)50(40)58-30-28-56-48-24-7-5-22-46(48)54-26-13-27-55-47-23-6-8-25-49(47)57-29-31-59-51(39)41/h5-12,14-25,36-37H,13,26-35H2,1-4H3. The second-order valence-electron chi connectivity index (χ2n) is 16.0. The minimum Gasteiger partial charge on any atom is -0.490 e. The lowest BCUT2D eigenvalue weighted by molar-refractivity contribution is 0.194. The molecular formula is C53H56O8. The predicted molar refractivity (Wildman–Crippen MR) is 239 cm³/mol. The highest BCUT2D eigenvalue weighted by Crippen LogP contribution is 2.40. The van der Waals surface area contributed by atoms with Gasteiger partial charge in [-0.2, -0.15) is 0 Å². The summed E-state index contributed by atoms with van der Waals surface area (Å²) < 4.78 is 52.2. The average Bonchev–Trinajstić information content (AvgIpc) is 3.24. The SMILES string of the molecule is CC(C)Oc1c2cccc1Cc1cccc3c1OCCOc1ccccc1OCCCOc1ccccc1OCCOc1c(cccc1Cc1cccc(c1OC(C)C)C3)C2. The van der Waals surface area contributed by atoms with Gasteiger partial charge < -0.3 is 37.9 Å². The van der Waals surface area contributed by atoms with Crippen molar-refractivity contribution >= 4 is 0 Å². The van der Waals surface area contributed by atoms with E-state index in [1.165, 1.54) is 0 Å². The number of hydrogen-bond donors (Lipinski definition) is 0. The summed E-state index contributed by atoms with van der Waals surface area (Å²) in [5, 5.41) is 0. The molecule has 3 aliphatic rings. The van der Waals surface area contributed by atoms with E-state index in [2.05, 4.69) is 100 Å². The second-order valence-corrected chi connectivity index (χ2v) is 16.0. The largest absolute Gasteiger partial charge is 0.490 e. The fraction of sp³-hybridized carbons (Fsp3) is 0.321. The van der Waals surface area contributed by atoms with Crippen LogP contribution in [0.5, 0.6) is 46.0 Å². The van der Waals surface area contributed by atoms with Crippen LogP contribution in [0.1, 0.15) is 78.6 Å². The van der Waals surface area contributed by atoms with E-state index in [0.717, 1.165) is 67.5 Å². The van der Waals surface area contributed by atoms with Gasteiger partial charge in [0.2, 0.25) is 0 Å². The smallest absolute Gasteiger partial charge is 0.161 e. The van der Waals surface area contributed by atoms with Crippen molar-refractivity contribution in [3.63, 3.8) is 0 Å². The Labute approximate surface area is 360 Å². The molecule has 0 fully saturated rings. The van der Waals surface area contributed by atoms with Gasteiger partial charge in [0.15, 0.2) is 23.0 Å². The summed E-state index contributed by atoms with van der Waals surface area (Å²) >= 11 is 0. The zero-order chi connectivity index (χ0) is 42.0. The summed E-state index contributed by atoms with van der Waals surface area (Å²) in [6.45, 7) is 10.5. The topological polar surface area (TPSA) is 73.8 Å². The van der Waals surface area contributed by atoms with Crippen LogP contribution in [0.25, 0.3) is 0 Å². The molecule has 316 valence electrons. The van der Waals surface area contributed by atoms with Crippen LogP contribution in [0.2, 0.25) is 0 Å². The molecule has 0 spiro atoms. The fourth-order valence-electron chi connectivity index (χ4n) is 8.02. The minimum absolute atomic E-state index is 0.0348. The van der Waals surface area contributed by atoms with Gasteiger partial charge in [0.25, 0.3) is 0 Å². The first kappa shape index (κ1) is 41.5. The van der Waals surface area contributed by atoms with Gasteiger partial charge in [-0.15, -0.1) is 0 Å². The highest BCUT2D eigenvalue weighted by Gasteiger charge is 2.23. The molecule has 0 saturated carbocycles. The van der Waals surface area contributed by atoms with Crippen molar-refractivity contribution in [1.29, 1.82) is 0 Å². The average molecular weight is 821 g/mol. The third kappa shape index (κ3) is 10.4. The Balaban J connectivity index is 1.26. The lowest BCUT2D eigenvalue weighted by Gasteiger charge is -2.24. The predicted octanol–water partition coefficient (Wildman–Crippen LogP) is 11.0. The van der Waals surface area contributed by atoms with Crippen molar-refractivity contribution < 1.29 is 37.9 Å². The molecule has 0 radical (unpaired) electrons. The molecule has 2 aliphatic heterocycles. The monoisotopic (exact) mass is 820 g/mol. The molecule has 0 atom stereocenters. The van der Waals surface area contributed by atoms with Gasteiger partial charge in [-0.1, -0.05) is 97.1 Å². The van der Waals surface area contributed by atoms with Crippen molar-refractivity contribution in [1.82, 2.24) is 0 Å². The zero-order valence-electron chi connectivity index (χ0n) is 35.7. The van der Waals surface area contributed by atoms with Gasteiger partial charge in [0.05, 0.1) is 25.4 Å². The van der Waals surface area contributed by atoms with E-state index in [9.17, 15) is 0 Å². The summed E-state index contributed by atoms with van der Waals surface area (Å²) in [5.74, 6) is 6.14. The first-order chi connectivity index (χ1) is 29.9. The van der Waals surface area contributed by atoms with E-state index in [1.807, 2.05) is 48.5 Å². The maximum absolute atomic E-state index is 6.82. The Morgan fingerprint density at radius 2 is 0.607 bits per heavy atom. The van der Waals surface area contributed by atoms with Crippen molar-refractivity contribution in [2.45, 2.75) is 72.0 Å². The van der Waals surface area contributed by atoms with Crippen molar-refractivity contribution in [3.8, 4) is 46.0 Å². The summed E-state index contributed by atoms with van der Waals surface area (Å²) in [6.07, 6.45) is 3.04. The summed E-state index contributed by atoms with van der Waals surface area (Å²) in [7, 11) is 0. The van der Waals surface area contributed by atoms with Crippen LogP contribution in [0, 0.1) is 0 Å². The summed E-state index contributed by atoms with van der Waals surface area (Å²) in [6, 6.07) is 41.3. The molecule has 2 heterocycles. The van der Waals surface area contributed by atoms with E-state index in [-0.39, 0.29) is 12.2 Å². The molecule has 9 rings (SSSR count). The molecule has 6 aromatic carbocycles. The quantitative estimate of drug-likeness (QED) is 0.174. The van der Waals surface area contributed by atoms with Gasteiger partial charge in [-0.3, -0.25) is 0 Å². The number of para-hydroxylation sites is 8. The van der Waals surface area contributed by atoms with Crippen LogP contribution in [0.4, 0.5) is 0 Å². The van der Waals surface area contributed by atoms with E-state index in [1.54, 1.807) is 0 Å². The zero-order valence-corrected chi connectivity index (χ0v) is 35.7. The van der Waals surface area contributed by atoms with E-state index in [4.69, 9.17) is 37.9 Å². The molecule has 61 heavy (non-hydrogen) atoms. The van der Waals surface area contributed by atoms with Crippen LogP contribution in [0.3, 0.4) is 0 Å². The van der Waals surface area contributed by atoms with Crippen molar-refractivity contribution in [3.05, 3.63) is 166 Å². The number of fused-ring (bicyclic) bond motifs is 10. The maximum Gasteiger partial charge on any atom is 0.161 e. The van der Waals surface area contributed by atoms with Gasteiger partial charge >= 0.3 is 0 Å². The molecule has 0 unspecified atom stereocenters. The first-order valence-electron chi connectivity index (χ1n) is 21.6. The molecule has 1 aliphatic carbocycles. The van der Waals surface area contributed by atoms with Gasteiger partial charge in [0, 0.05) is 32.1 Å². The van der Waals surface area contributed by atoms with E-state index >= 15 is 0 Å². The van der Waals surface area contributed by atoms with Crippen LogP contribution in [-0.2, 0) is 25.7 Å². The lowest BCUT2D eigenvalue weighted by atomic mass is 9.91. The normalized spacial score (nSPS) is 14.6. The third-order valence-corrected chi connectivity index (χ3v) is 10.6. The molecule has 0 N–H and O–H groups in total. The number of rotatable bonds is 4. The van der Waals surface area contributed by atoms with E-state index in [0.29, 0.717) is 94.7 Å². The Kier molecular flexibility index (Phi) is 13.5. The molecule has 0 amide bonds. The van der Waals surface area contributed by atoms with Crippen LogP contribution >= 0.6 is 0 Å². The molecule has 10 bridgehead atoms. The fourth-order valence-corrected chi connectivity index (χ4v) is 8.02. The Morgan fingerprint density at radius 3 is 0.918 bits per heavy atom. The molecule has 8 heteroatoms.